The number of aliphatic hydroxyl groups excluding tert-OH is 1. The number of hydrogen-bond acceptors (Lipinski definition) is 5. The number of nitrogens with zero attached hydrogens (tertiary/aromatic N) is 1. The highest BCUT2D eigenvalue weighted by Gasteiger charge is 2.31. The van der Waals surface area contributed by atoms with Crippen LogP contribution >= 0.6 is 15.9 Å². The van der Waals surface area contributed by atoms with Gasteiger partial charge in [0.05, 0.1) is 24.9 Å². The molecule has 0 unspecified atom stereocenters. The SMILES string of the molecule is CC(C)Oc1cc(Br)ccc1NC1=CC(=O)N(CCO)C1=O. The number of imide groups is 1. The van der Waals surface area contributed by atoms with Crippen molar-refractivity contribution in [2.45, 2.75) is 20.0 Å². The van der Waals surface area contributed by atoms with Crippen LogP contribution in [-0.4, -0.2) is 41.1 Å². The first-order valence-electron chi connectivity index (χ1n) is 6.84. The topological polar surface area (TPSA) is 78.9 Å². The molecule has 6 nitrogen and oxygen atoms in total. The number of carbonyl (C=O) groups excluding carboxylic acids is 2. The Bertz CT molecular complexity index is 628. The monoisotopic (exact) mass is 368 g/mol. The van der Waals surface area contributed by atoms with E-state index in [1.807, 2.05) is 19.9 Å². The third kappa shape index (κ3) is 3.66. The molecule has 0 atom stereocenters. The van der Waals surface area contributed by atoms with E-state index in [-0.39, 0.29) is 25.0 Å². The van der Waals surface area contributed by atoms with Gasteiger partial charge in [0.2, 0.25) is 0 Å². The smallest absolute Gasteiger partial charge is 0.277 e. The van der Waals surface area contributed by atoms with Crippen LogP contribution in [-0.2, 0) is 9.59 Å². The summed E-state index contributed by atoms with van der Waals surface area (Å²) in [5.74, 6) is -0.325. The van der Waals surface area contributed by atoms with Gasteiger partial charge in [-0.2, -0.15) is 0 Å². The van der Waals surface area contributed by atoms with Crippen molar-refractivity contribution < 1.29 is 19.4 Å². The Morgan fingerprint density at radius 3 is 2.73 bits per heavy atom. The fourth-order valence-electron chi connectivity index (χ4n) is 2.01. The van der Waals surface area contributed by atoms with E-state index < -0.39 is 11.8 Å². The molecule has 118 valence electrons. The molecule has 0 saturated carbocycles. The molecule has 0 bridgehead atoms. The molecule has 2 amide bonds. The van der Waals surface area contributed by atoms with E-state index in [2.05, 4.69) is 21.2 Å². The van der Waals surface area contributed by atoms with Crippen LogP contribution in [0.4, 0.5) is 5.69 Å². The molecule has 2 N–H and O–H groups in total. The molecule has 2 rings (SSSR count). The average molecular weight is 369 g/mol. The molecule has 0 aliphatic carbocycles. The summed E-state index contributed by atoms with van der Waals surface area (Å²) in [5.41, 5.74) is 0.754. The van der Waals surface area contributed by atoms with Gasteiger partial charge in [0, 0.05) is 10.5 Å². The number of rotatable bonds is 6. The summed E-state index contributed by atoms with van der Waals surface area (Å²) in [6.07, 6.45) is 1.19. The minimum absolute atomic E-state index is 0.0188. The van der Waals surface area contributed by atoms with Gasteiger partial charge in [-0.05, 0) is 32.0 Å². The van der Waals surface area contributed by atoms with Gasteiger partial charge in [-0.1, -0.05) is 15.9 Å². The van der Waals surface area contributed by atoms with Crippen molar-refractivity contribution in [1.29, 1.82) is 0 Å². The Kier molecular flexibility index (Phi) is 5.20. The molecular formula is C15H17BrN2O4. The van der Waals surface area contributed by atoms with Gasteiger partial charge >= 0.3 is 0 Å². The number of β-amino-alcohol motifs (C(OH)–C–C–N with tert-alkyl or cyclic N) is 1. The van der Waals surface area contributed by atoms with Crippen molar-refractivity contribution in [3.05, 3.63) is 34.4 Å². The zero-order chi connectivity index (χ0) is 16.3. The van der Waals surface area contributed by atoms with Gasteiger partial charge < -0.3 is 15.2 Å². The summed E-state index contributed by atoms with van der Waals surface area (Å²) in [7, 11) is 0. The van der Waals surface area contributed by atoms with Crippen LogP contribution in [0.1, 0.15) is 13.8 Å². The second-order valence-corrected chi connectivity index (χ2v) is 5.92. The largest absolute Gasteiger partial charge is 0.489 e. The Morgan fingerprint density at radius 2 is 2.09 bits per heavy atom. The first-order chi connectivity index (χ1) is 10.4. The Labute approximate surface area is 136 Å². The number of ether oxygens (including phenoxy) is 1. The zero-order valence-corrected chi connectivity index (χ0v) is 13.9. The lowest BCUT2D eigenvalue weighted by Crippen LogP contribution is -2.34. The van der Waals surface area contributed by atoms with Crippen LogP contribution < -0.4 is 10.1 Å². The van der Waals surface area contributed by atoms with E-state index in [9.17, 15) is 9.59 Å². The lowest BCUT2D eigenvalue weighted by molar-refractivity contribution is -0.137. The molecule has 0 aromatic heterocycles. The Hall–Kier alpha value is -1.86. The average Bonchev–Trinajstić information content (AvgIpc) is 2.69. The van der Waals surface area contributed by atoms with E-state index >= 15 is 0 Å². The fraction of sp³-hybridized carbons (Fsp3) is 0.333. The number of aliphatic hydroxyl groups is 1. The van der Waals surface area contributed by atoms with Crippen molar-refractivity contribution in [3.8, 4) is 5.75 Å². The van der Waals surface area contributed by atoms with Gasteiger partial charge in [-0.25, -0.2) is 0 Å². The summed E-state index contributed by atoms with van der Waals surface area (Å²) in [5, 5.41) is 11.8. The number of hydrogen-bond donors (Lipinski definition) is 2. The van der Waals surface area contributed by atoms with Crippen molar-refractivity contribution >= 4 is 33.4 Å². The molecule has 1 heterocycles. The first kappa shape index (κ1) is 16.5. The molecule has 0 saturated heterocycles. The lowest BCUT2D eigenvalue weighted by atomic mass is 10.2. The maximum Gasteiger partial charge on any atom is 0.277 e. The number of anilines is 1. The normalized spacial score (nSPS) is 14.6. The molecule has 0 radical (unpaired) electrons. The highest BCUT2D eigenvalue weighted by Crippen LogP contribution is 2.31. The zero-order valence-electron chi connectivity index (χ0n) is 12.3. The lowest BCUT2D eigenvalue weighted by Gasteiger charge is -2.17. The summed E-state index contributed by atoms with van der Waals surface area (Å²) in [4.78, 5) is 24.8. The van der Waals surface area contributed by atoms with Crippen molar-refractivity contribution in [2.24, 2.45) is 0 Å². The number of nitrogens with one attached hydrogen (secondary N) is 1. The predicted molar refractivity (Wildman–Crippen MR) is 85.4 cm³/mol. The molecule has 22 heavy (non-hydrogen) atoms. The van der Waals surface area contributed by atoms with Crippen LogP contribution in [0.2, 0.25) is 0 Å². The van der Waals surface area contributed by atoms with Crippen LogP contribution in [0.15, 0.2) is 34.4 Å². The van der Waals surface area contributed by atoms with Crippen LogP contribution in [0.5, 0.6) is 5.75 Å². The second kappa shape index (κ2) is 6.93. The summed E-state index contributed by atoms with van der Waals surface area (Å²) < 4.78 is 6.55. The molecule has 1 aliphatic rings. The van der Waals surface area contributed by atoms with Crippen LogP contribution in [0.3, 0.4) is 0 Å². The van der Waals surface area contributed by atoms with Gasteiger partial charge in [0.15, 0.2) is 0 Å². The van der Waals surface area contributed by atoms with Crippen LogP contribution in [0, 0.1) is 0 Å². The molecule has 1 aliphatic heterocycles. The van der Waals surface area contributed by atoms with Gasteiger partial charge in [0.25, 0.3) is 11.8 Å². The third-order valence-corrected chi connectivity index (χ3v) is 3.40. The van der Waals surface area contributed by atoms with Gasteiger partial charge in [-0.3, -0.25) is 14.5 Å². The molecule has 1 aromatic rings. The van der Waals surface area contributed by atoms with E-state index in [0.717, 1.165) is 9.37 Å². The highest BCUT2D eigenvalue weighted by molar-refractivity contribution is 9.10. The Morgan fingerprint density at radius 1 is 1.36 bits per heavy atom. The summed E-state index contributed by atoms with van der Waals surface area (Å²) in [6.45, 7) is 3.52. The molecule has 7 heteroatoms. The number of halogens is 1. The van der Waals surface area contributed by atoms with Gasteiger partial charge in [-0.15, -0.1) is 0 Å². The quantitative estimate of drug-likeness (QED) is 0.749. The third-order valence-electron chi connectivity index (χ3n) is 2.91. The highest BCUT2D eigenvalue weighted by atomic mass is 79.9. The van der Waals surface area contributed by atoms with Crippen molar-refractivity contribution in [1.82, 2.24) is 4.90 Å². The van der Waals surface area contributed by atoms with E-state index in [1.54, 1.807) is 12.1 Å². The summed E-state index contributed by atoms with van der Waals surface area (Å²) >= 11 is 3.37. The first-order valence-corrected chi connectivity index (χ1v) is 7.63. The van der Waals surface area contributed by atoms with Crippen molar-refractivity contribution in [2.75, 3.05) is 18.5 Å². The number of carbonyl (C=O) groups is 2. The number of amides is 2. The molecule has 0 fully saturated rings. The maximum absolute atomic E-state index is 12.1. The maximum atomic E-state index is 12.1. The molecule has 0 spiro atoms. The predicted octanol–water partition coefficient (Wildman–Crippen LogP) is 1.89. The van der Waals surface area contributed by atoms with Crippen LogP contribution in [0.25, 0.3) is 0 Å². The minimum atomic E-state index is -0.461. The second-order valence-electron chi connectivity index (χ2n) is 5.01. The van der Waals surface area contributed by atoms with E-state index in [0.29, 0.717) is 11.4 Å². The summed E-state index contributed by atoms with van der Waals surface area (Å²) in [6, 6.07) is 5.35. The number of benzene rings is 1. The van der Waals surface area contributed by atoms with E-state index in [4.69, 9.17) is 9.84 Å². The Balaban J connectivity index is 2.22. The standard InChI is InChI=1S/C15H17BrN2O4/c1-9(2)22-13-7-10(16)3-4-11(13)17-12-8-14(20)18(5-6-19)15(12)21/h3-4,7-9,17,19H,5-6H2,1-2H3. The van der Waals surface area contributed by atoms with Crippen molar-refractivity contribution in [3.63, 3.8) is 0 Å². The van der Waals surface area contributed by atoms with E-state index in [1.165, 1.54) is 6.08 Å². The van der Waals surface area contributed by atoms with Gasteiger partial charge in [0.1, 0.15) is 11.4 Å². The fourth-order valence-corrected chi connectivity index (χ4v) is 2.35. The molecule has 1 aromatic carbocycles. The molecular weight excluding hydrogens is 352 g/mol. The minimum Gasteiger partial charge on any atom is -0.489 e.